The largest absolute Gasteiger partial charge is 0.380 e. The topological polar surface area (TPSA) is 68.2 Å². The van der Waals surface area contributed by atoms with Crippen molar-refractivity contribution in [2.24, 2.45) is 0 Å². The van der Waals surface area contributed by atoms with Gasteiger partial charge in [0.1, 0.15) is 5.82 Å². The van der Waals surface area contributed by atoms with E-state index in [9.17, 15) is 4.79 Å². The minimum Gasteiger partial charge on any atom is -0.380 e. The lowest BCUT2D eigenvalue weighted by atomic mass is 10.2. The van der Waals surface area contributed by atoms with Crippen LogP contribution >= 0.6 is 0 Å². The average Bonchev–Trinajstić information content (AvgIpc) is 3.25. The van der Waals surface area contributed by atoms with Gasteiger partial charge in [-0.3, -0.25) is 4.79 Å². The maximum Gasteiger partial charge on any atom is 0.237 e. The molecular formula is C18H24N4O2. The van der Waals surface area contributed by atoms with E-state index in [-0.39, 0.29) is 18.1 Å². The van der Waals surface area contributed by atoms with E-state index in [1.54, 1.807) is 7.11 Å². The van der Waals surface area contributed by atoms with Crippen molar-refractivity contribution < 1.29 is 9.53 Å². The number of hydrogen-bond donors (Lipinski definition) is 2. The van der Waals surface area contributed by atoms with Crippen molar-refractivity contribution in [1.82, 2.24) is 20.2 Å². The summed E-state index contributed by atoms with van der Waals surface area (Å²) in [7, 11) is 1.68. The maximum atomic E-state index is 12.2. The van der Waals surface area contributed by atoms with Crippen LogP contribution in [0.25, 0.3) is 0 Å². The number of nitrogens with one attached hydrogen (secondary N) is 2. The van der Waals surface area contributed by atoms with Crippen LogP contribution in [-0.4, -0.2) is 47.8 Å². The Labute approximate surface area is 142 Å². The molecule has 0 spiro atoms. The highest BCUT2D eigenvalue weighted by atomic mass is 16.5. The third kappa shape index (κ3) is 4.21. The predicted octanol–water partition coefficient (Wildman–Crippen LogP) is 0.967. The van der Waals surface area contributed by atoms with Crippen LogP contribution in [0.2, 0.25) is 0 Å². The summed E-state index contributed by atoms with van der Waals surface area (Å²) in [6.45, 7) is 2.11. The molecule has 6 heteroatoms. The van der Waals surface area contributed by atoms with Gasteiger partial charge in [-0.1, -0.05) is 30.3 Å². The molecule has 1 fully saturated rings. The fourth-order valence-electron chi connectivity index (χ4n) is 3.00. The van der Waals surface area contributed by atoms with Gasteiger partial charge in [0, 0.05) is 45.6 Å². The van der Waals surface area contributed by atoms with Crippen LogP contribution in [0.1, 0.15) is 17.8 Å². The number of carbonyl (C=O) groups is 1. The van der Waals surface area contributed by atoms with Gasteiger partial charge in [0.2, 0.25) is 5.91 Å². The zero-order chi connectivity index (χ0) is 16.8. The summed E-state index contributed by atoms with van der Waals surface area (Å²) in [6, 6.07) is 10.1. The van der Waals surface area contributed by atoms with Crippen LogP contribution in [0.5, 0.6) is 0 Å². The molecule has 128 valence electrons. The number of benzene rings is 1. The van der Waals surface area contributed by atoms with E-state index in [0.717, 1.165) is 25.3 Å². The lowest BCUT2D eigenvalue weighted by Crippen LogP contribution is -2.41. The molecule has 2 heterocycles. The van der Waals surface area contributed by atoms with Crippen LogP contribution in [0.4, 0.5) is 0 Å². The molecule has 2 atom stereocenters. The third-order valence-electron chi connectivity index (χ3n) is 4.39. The molecule has 0 aliphatic carbocycles. The molecule has 0 unspecified atom stereocenters. The van der Waals surface area contributed by atoms with Crippen molar-refractivity contribution in [2.75, 3.05) is 20.2 Å². The maximum absolute atomic E-state index is 12.2. The molecule has 3 rings (SSSR count). The van der Waals surface area contributed by atoms with E-state index in [1.165, 1.54) is 5.56 Å². The van der Waals surface area contributed by atoms with E-state index in [0.29, 0.717) is 13.0 Å². The fourth-order valence-corrected chi connectivity index (χ4v) is 3.00. The van der Waals surface area contributed by atoms with Crippen LogP contribution < -0.4 is 10.6 Å². The Kier molecular flexibility index (Phi) is 5.61. The number of imidazole rings is 1. The van der Waals surface area contributed by atoms with Gasteiger partial charge >= 0.3 is 0 Å². The van der Waals surface area contributed by atoms with E-state index in [4.69, 9.17) is 4.74 Å². The number of nitrogens with zero attached hydrogens (tertiary/aromatic N) is 2. The Morgan fingerprint density at radius 3 is 3.00 bits per heavy atom. The summed E-state index contributed by atoms with van der Waals surface area (Å²) < 4.78 is 7.39. The van der Waals surface area contributed by atoms with Gasteiger partial charge in [-0.2, -0.15) is 0 Å². The standard InChI is InChI=1S/C18H24N4O2/c1-24-15-11-16(21-12-15)18(23)20-8-7-17-19-9-10-22(17)13-14-5-3-2-4-6-14/h2-6,9-10,15-16,21H,7-8,11-13H2,1H3,(H,20,23)/t15-,16+/m0/s1. The molecule has 0 radical (unpaired) electrons. The molecule has 0 bridgehead atoms. The summed E-state index contributed by atoms with van der Waals surface area (Å²) >= 11 is 0. The van der Waals surface area contributed by atoms with Gasteiger partial charge in [0.15, 0.2) is 0 Å². The Morgan fingerprint density at radius 1 is 1.42 bits per heavy atom. The molecule has 6 nitrogen and oxygen atoms in total. The highest BCUT2D eigenvalue weighted by Gasteiger charge is 2.28. The molecule has 0 saturated carbocycles. The molecule has 1 saturated heterocycles. The van der Waals surface area contributed by atoms with Crippen LogP contribution in [0.15, 0.2) is 42.7 Å². The number of aromatic nitrogens is 2. The number of hydrogen-bond acceptors (Lipinski definition) is 4. The summed E-state index contributed by atoms with van der Waals surface area (Å²) in [5.41, 5.74) is 1.24. The minimum absolute atomic E-state index is 0.0377. The first-order valence-electron chi connectivity index (χ1n) is 8.34. The predicted molar refractivity (Wildman–Crippen MR) is 91.7 cm³/mol. The first kappa shape index (κ1) is 16.7. The Hall–Kier alpha value is -2.18. The van der Waals surface area contributed by atoms with Gasteiger partial charge in [0.05, 0.1) is 12.1 Å². The van der Waals surface area contributed by atoms with Crippen LogP contribution in [0, 0.1) is 0 Å². The number of amides is 1. The van der Waals surface area contributed by atoms with E-state index >= 15 is 0 Å². The molecule has 2 N–H and O–H groups in total. The van der Waals surface area contributed by atoms with E-state index in [2.05, 4.69) is 32.3 Å². The molecule has 1 aromatic carbocycles. The number of ether oxygens (including phenoxy) is 1. The summed E-state index contributed by atoms with van der Waals surface area (Å²) in [5.74, 6) is 1.02. The highest BCUT2D eigenvalue weighted by molar-refractivity contribution is 5.82. The molecule has 2 aromatic rings. The second-order valence-corrected chi connectivity index (χ2v) is 6.05. The molecule has 1 aromatic heterocycles. The van der Waals surface area contributed by atoms with Crippen molar-refractivity contribution in [3.8, 4) is 0 Å². The monoisotopic (exact) mass is 328 g/mol. The second kappa shape index (κ2) is 8.08. The fraction of sp³-hybridized carbons (Fsp3) is 0.444. The summed E-state index contributed by atoms with van der Waals surface area (Å²) in [4.78, 5) is 16.6. The SMILES string of the molecule is CO[C@@H]1CN[C@@H](C(=O)NCCc2nccn2Cc2ccccc2)C1. The zero-order valence-corrected chi connectivity index (χ0v) is 13.9. The third-order valence-corrected chi connectivity index (χ3v) is 4.39. The first-order valence-corrected chi connectivity index (χ1v) is 8.34. The highest BCUT2D eigenvalue weighted by Crippen LogP contribution is 2.09. The smallest absolute Gasteiger partial charge is 0.237 e. The van der Waals surface area contributed by atoms with Crippen molar-refractivity contribution in [1.29, 1.82) is 0 Å². The van der Waals surface area contributed by atoms with E-state index in [1.807, 2.05) is 30.6 Å². The van der Waals surface area contributed by atoms with E-state index < -0.39 is 0 Å². The molecule has 1 aliphatic rings. The van der Waals surface area contributed by atoms with Gasteiger partial charge in [-0.05, 0) is 12.0 Å². The summed E-state index contributed by atoms with van der Waals surface area (Å²) in [6.07, 6.45) is 5.36. The Morgan fingerprint density at radius 2 is 2.25 bits per heavy atom. The van der Waals surface area contributed by atoms with Crippen molar-refractivity contribution >= 4 is 5.91 Å². The summed E-state index contributed by atoms with van der Waals surface area (Å²) in [5, 5.41) is 6.18. The zero-order valence-electron chi connectivity index (χ0n) is 13.9. The quantitative estimate of drug-likeness (QED) is 0.795. The average molecular weight is 328 g/mol. The van der Waals surface area contributed by atoms with Gasteiger partial charge in [-0.15, -0.1) is 0 Å². The van der Waals surface area contributed by atoms with Crippen molar-refractivity contribution in [2.45, 2.75) is 31.5 Å². The van der Waals surface area contributed by atoms with Crippen LogP contribution in [-0.2, 0) is 22.5 Å². The minimum atomic E-state index is -0.154. The lowest BCUT2D eigenvalue weighted by Gasteiger charge is -2.12. The first-order chi connectivity index (χ1) is 11.8. The molecule has 1 aliphatic heterocycles. The molecular weight excluding hydrogens is 304 g/mol. The van der Waals surface area contributed by atoms with Gasteiger partial charge in [-0.25, -0.2) is 4.98 Å². The number of carbonyl (C=O) groups excluding carboxylic acids is 1. The normalized spacial score (nSPS) is 20.2. The Bertz CT molecular complexity index is 656. The van der Waals surface area contributed by atoms with Gasteiger partial charge < -0.3 is 19.9 Å². The number of methoxy groups -OCH3 is 1. The van der Waals surface area contributed by atoms with Crippen molar-refractivity contribution in [3.63, 3.8) is 0 Å². The van der Waals surface area contributed by atoms with Crippen molar-refractivity contribution in [3.05, 3.63) is 54.1 Å². The second-order valence-electron chi connectivity index (χ2n) is 6.05. The van der Waals surface area contributed by atoms with Gasteiger partial charge in [0.25, 0.3) is 0 Å². The molecule has 24 heavy (non-hydrogen) atoms. The molecule has 1 amide bonds. The Balaban J connectivity index is 1.47. The lowest BCUT2D eigenvalue weighted by molar-refractivity contribution is -0.122. The van der Waals surface area contributed by atoms with Crippen LogP contribution in [0.3, 0.4) is 0 Å². The number of rotatable bonds is 7.